The number of nitrogens with zero attached hydrogens (tertiary/aromatic N) is 5. The van der Waals surface area contributed by atoms with E-state index < -0.39 is 0 Å². The number of oxazole rings is 1. The first-order valence-electron chi connectivity index (χ1n) is 8.89. The molecule has 0 spiro atoms. The number of rotatable bonds is 6. The molecule has 0 amide bonds. The van der Waals surface area contributed by atoms with Crippen LogP contribution in [0.4, 0.5) is 0 Å². The molecule has 0 bridgehead atoms. The molecule has 1 aliphatic rings. The van der Waals surface area contributed by atoms with Crippen molar-refractivity contribution in [2.24, 2.45) is 13.0 Å². The van der Waals surface area contributed by atoms with E-state index in [1.54, 1.807) is 6.20 Å². The number of hydrogen-bond acceptors (Lipinski definition) is 5. The van der Waals surface area contributed by atoms with Crippen molar-refractivity contribution in [3.63, 3.8) is 0 Å². The Morgan fingerprint density at radius 2 is 2.21 bits per heavy atom. The number of aryl methyl sites for hydroxylation is 2. The zero-order chi connectivity index (χ0) is 17.1. The zero-order valence-electron chi connectivity index (χ0n) is 15.3. The highest BCUT2D eigenvalue weighted by Gasteiger charge is 2.33. The van der Waals surface area contributed by atoms with E-state index >= 15 is 0 Å². The van der Waals surface area contributed by atoms with Crippen molar-refractivity contribution in [3.05, 3.63) is 35.8 Å². The molecule has 1 saturated heterocycles. The van der Waals surface area contributed by atoms with Gasteiger partial charge in [0.15, 0.2) is 0 Å². The van der Waals surface area contributed by atoms with E-state index in [0.717, 1.165) is 31.3 Å². The highest BCUT2D eigenvalue weighted by atomic mass is 16.4. The molecule has 132 valence electrons. The van der Waals surface area contributed by atoms with Gasteiger partial charge < -0.3 is 4.42 Å². The monoisotopic (exact) mass is 331 g/mol. The Labute approximate surface area is 144 Å². The van der Waals surface area contributed by atoms with Gasteiger partial charge >= 0.3 is 0 Å². The van der Waals surface area contributed by atoms with Crippen LogP contribution in [0.5, 0.6) is 0 Å². The van der Waals surface area contributed by atoms with Crippen LogP contribution in [0, 0.1) is 12.8 Å². The third-order valence-corrected chi connectivity index (χ3v) is 4.95. The average Bonchev–Trinajstić information content (AvgIpc) is 3.15. The fraction of sp³-hybridized carbons (Fsp3) is 0.667. The van der Waals surface area contributed by atoms with Crippen LogP contribution in [0.1, 0.15) is 43.0 Å². The van der Waals surface area contributed by atoms with Gasteiger partial charge in [-0.2, -0.15) is 5.10 Å². The first-order chi connectivity index (χ1) is 11.6. The highest BCUT2D eigenvalue weighted by Crippen LogP contribution is 2.36. The van der Waals surface area contributed by atoms with Crippen LogP contribution in [-0.2, 0) is 13.6 Å². The van der Waals surface area contributed by atoms with Gasteiger partial charge in [0.25, 0.3) is 0 Å². The normalized spacial score (nSPS) is 22.4. The van der Waals surface area contributed by atoms with E-state index in [2.05, 4.69) is 40.1 Å². The smallest absolute Gasteiger partial charge is 0.208 e. The first-order valence-corrected chi connectivity index (χ1v) is 8.89. The van der Waals surface area contributed by atoms with Gasteiger partial charge in [0.05, 0.1) is 18.9 Å². The Kier molecular flexibility index (Phi) is 5.36. The van der Waals surface area contributed by atoms with Crippen LogP contribution < -0.4 is 0 Å². The molecule has 6 heteroatoms. The summed E-state index contributed by atoms with van der Waals surface area (Å²) in [6.45, 7) is 8.25. The summed E-state index contributed by atoms with van der Waals surface area (Å²) in [5.74, 6) is 2.28. The molecule has 3 heterocycles. The van der Waals surface area contributed by atoms with Gasteiger partial charge in [0, 0.05) is 31.4 Å². The van der Waals surface area contributed by atoms with Crippen LogP contribution in [0.25, 0.3) is 0 Å². The van der Waals surface area contributed by atoms with Gasteiger partial charge in [-0.3, -0.25) is 14.5 Å². The standard InChI is InChI=1S/C18H29N5O/c1-5-23-8-6-7-15(18(23)16-10-20-22(4)12-16)11-21(3)13-17-19-9-14(2)24-17/h9-10,12,15,18H,5-8,11,13H2,1-4H3/t15-,18+/m0/s1. The van der Waals surface area contributed by atoms with Crippen molar-refractivity contribution >= 4 is 0 Å². The maximum Gasteiger partial charge on any atom is 0.208 e. The predicted molar refractivity (Wildman–Crippen MR) is 93.5 cm³/mol. The lowest BCUT2D eigenvalue weighted by Gasteiger charge is -2.41. The predicted octanol–water partition coefficient (Wildman–Crippen LogP) is 2.62. The van der Waals surface area contributed by atoms with E-state index in [4.69, 9.17) is 4.42 Å². The SMILES string of the molecule is CCN1CCC[C@@H](CN(C)Cc2ncc(C)o2)[C@@H]1c1cnn(C)c1. The number of aromatic nitrogens is 3. The summed E-state index contributed by atoms with van der Waals surface area (Å²) >= 11 is 0. The van der Waals surface area contributed by atoms with Crippen molar-refractivity contribution in [1.29, 1.82) is 0 Å². The molecule has 0 aliphatic carbocycles. The van der Waals surface area contributed by atoms with Crippen molar-refractivity contribution in [1.82, 2.24) is 24.6 Å². The fourth-order valence-electron chi connectivity index (χ4n) is 3.94. The molecule has 3 rings (SSSR count). The van der Waals surface area contributed by atoms with Gasteiger partial charge in [0.2, 0.25) is 5.89 Å². The number of likely N-dealkylation sites (tertiary alicyclic amines) is 1. The Bertz CT molecular complexity index is 649. The van der Waals surface area contributed by atoms with Crippen LogP contribution in [0.15, 0.2) is 23.0 Å². The maximum atomic E-state index is 5.62. The summed E-state index contributed by atoms with van der Waals surface area (Å²) in [6, 6.07) is 0.450. The minimum Gasteiger partial charge on any atom is -0.445 e. The summed E-state index contributed by atoms with van der Waals surface area (Å²) in [5, 5.41) is 4.40. The minimum absolute atomic E-state index is 0.450. The minimum atomic E-state index is 0.450. The molecule has 0 aromatic carbocycles. The molecule has 0 unspecified atom stereocenters. The zero-order valence-corrected chi connectivity index (χ0v) is 15.3. The summed E-state index contributed by atoms with van der Waals surface area (Å²) < 4.78 is 7.53. The summed E-state index contributed by atoms with van der Waals surface area (Å²) in [5.41, 5.74) is 1.34. The Morgan fingerprint density at radius 3 is 2.83 bits per heavy atom. The summed E-state index contributed by atoms with van der Waals surface area (Å²) in [4.78, 5) is 9.25. The highest BCUT2D eigenvalue weighted by molar-refractivity contribution is 5.13. The van der Waals surface area contributed by atoms with Gasteiger partial charge in [-0.1, -0.05) is 6.92 Å². The van der Waals surface area contributed by atoms with E-state index in [9.17, 15) is 0 Å². The van der Waals surface area contributed by atoms with E-state index in [-0.39, 0.29) is 0 Å². The molecule has 24 heavy (non-hydrogen) atoms. The number of piperidine rings is 1. The van der Waals surface area contributed by atoms with E-state index in [1.807, 2.05) is 24.9 Å². The lowest BCUT2D eigenvalue weighted by molar-refractivity contribution is 0.0730. The summed E-state index contributed by atoms with van der Waals surface area (Å²) in [7, 11) is 4.15. The van der Waals surface area contributed by atoms with Crippen LogP contribution in [0.2, 0.25) is 0 Å². The van der Waals surface area contributed by atoms with Gasteiger partial charge in [-0.15, -0.1) is 0 Å². The third kappa shape index (κ3) is 3.87. The molecular formula is C18H29N5O. The molecule has 1 aliphatic heterocycles. The average molecular weight is 331 g/mol. The van der Waals surface area contributed by atoms with E-state index in [1.165, 1.54) is 24.9 Å². The van der Waals surface area contributed by atoms with E-state index in [0.29, 0.717) is 12.0 Å². The Balaban J connectivity index is 1.71. The van der Waals surface area contributed by atoms with Gasteiger partial charge in [0.1, 0.15) is 5.76 Å². The molecule has 2 atom stereocenters. The fourth-order valence-corrected chi connectivity index (χ4v) is 3.94. The topological polar surface area (TPSA) is 50.3 Å². The van der Waals surface area contributed by atoms with Gasteiger partial charge in [-0.05, 0) is 45.8 Å². The van der Waals surface area contributed by atoms with Crippen LogP contribution in [0.3, 0.4) is 0 Å². The quantitative estimate of drug-likeness (QED) is 0.814. The second-order valence-corrected chi connectivity index (χ2v) is 6.98. The molecule has 0 N–H and O–H groups in total. The summed E-state index contributed by atoms with van der Waals surface area (Å²) in [6.07, 6.45) is 8.51. The molecular weight excluding hydrogens is 302 g/mol. The lowest BCUT2D eigenvalue weighted by atomic mass is 9.85. The Morgan fingerprint density at radius 1 is 1.38 bits per heavy atom. The maximum absolute atomic E-state index is 5.62. The van der Waals surface area contributed by atoms with Crippen molar-refractivity contribution in [2.45, 2.75) is 39.3 Å². The second kappa shape index (κ2) is 7.49. The van der Waals surface area contributed by atoms with Crippen LogP contribution in [-0.4, -0.2) is 51.2 Å². The lowest BCUT2D eigenvalue weighted by Crippen LogP contribution is -2.42. The van der Waals surface area contributed by atoms with Gasteiger partial charge in [-0.25, -0.2) is 4.98 Å². The van der Waals surface area contributed by atoms with Crippen LogP contribution >= 0.6 is 0 Å². The molecule has 0 radical (unpaired) electrons. The molecule has 1 fully saturated rings. The Hall–Kier alpha value is -1.66. The largest absolute Gasteiger partial charge is 0.445 e. The first kappa shape index (κ1) is 17.2. The van der Waals surface area contributed by atoms with Crippen molar-refractivity contribution < 1.29 is 4.42 Å². The van der Waals surface area contributed by atoms with Crippen molar-refractivity contribution in [2.75, 3.05) is 26.7 Å². The molecule has 2 aromatic rings. The van der Waals surface area contributed by atoms with Crippen molar-refractivity contribution in [3.8, 4) is 0 Å². The molecule has 0 saturated carbocycles. The molecule has 2 aromatic heterocycles. The third-order valence-electron chi connectivity index (χ3n) is 4.95. The molecule has 6 nitrogen and oxygen atoms in total. The second-order valence-electron chi connectivity index (χ2n) is 6.98. The number of hydrogen-bond donors (Lipinski definition) is 0.